The third-order valence-electron chi connectivity index (χ3n) is 1.67. The Labute approximate surface area is 73.5 Å². The third-order valence-corrected chi connectivity index (χ3v) is 2.61. The first-order chi connectivity index (χ1) is 5.68. The van der Waals surface area contributed by atoms with E-state index in [-0.39, 0.29) is 5.75 Å². The maximum absolute atomic E-state index is 9.49. The zero-order chi connectivity index (χ0) is 8.72. The number of thiazole rings is 1. The number of anilines is 1. The number of hydrogen-bond donors (Lipinski definition) is 2. The zero-order valence-corrected chi connectivity index (χ0v) is 7.35. The van der Waals surface area contributed by atoms with Crippen molar-refractivity contribution in [1.82, 2.24) is 4.98 Å². The molecule has 1 heterocycles. The number of benzene rings is 1. The molecule has 4 heteroatoms. The number of hydrogen-bond acceptors (Lipinski definition) is 4. The molecule has 2 aromatic rings. The summed E-state index contributed by atoms with van der Waals surface area (Å²) >= 11 is 1.55. The van der Waals surface area contributed by atoms with Crippen LogP contribution in [0, 0.1) is 6.92 Å². The third kappa shape index (κ3) is 0.921. The maximum atomic E-state index is 9.49. The van der Waals surface area contributed by atoms with E-state index in [1.165, 1.54) is 0 Å². The van der Waals surface area contributed by atoms with Crippen molar-refractivity contribution >= 4 is 27.2 Å². The summed E-state index contributed by atoms with van der Waals surface area (Å²) in [5.41, 5.74) is 6.50. The normalized spacial score (nSPS) is 10.8. The predicted octanol–water partition coefficient (Wildman–Crippen LogP) is 1.89. The van der Waals surface area contributed by atoms with Gasteiger partial charge in [0.1, 0.15) is 5.52 Å². The molecular weight excluding hydrogens is 172 g/mol. The molecule has 0 unspecified atom stereocenters. The lowest BCUT2D eigenvalue weighted by molar-refractivity contribution is 0.483. The number of nitrogens with two attached hydrogens (primary N) is 1. The van der Waals surface area contributed by atoms with E-state index in [1.807, 2.05) is 13.0 Å². The molecule has 0 saturated carbocycles. The standard InChI is InChI=1S/C8H8N2OS/c1-4-10-7-6(12-4)3-2-5(9)8(7)11/h2-3,11H,9H2,1H3. The van der Waals surface area contributed by atoms with Crippen molar-refractivity contribution < 1.29 is 5.11 Å². The van der Waals surface area contributed by atoms with Gasteiger partial charge in [-0.2, -0.15) is 0 Å². The second-order valence-corrected chi connectivity index (χ2v) is 3.82. The number of phenols is 1. The number of aromatic hydroxyl groups is 1. The highest BCUT2D eigenvalue weighted by Crippen LogP contribution is 2.32. The summed E-state index contributed by atoms with van der Waals surface area (Å²) in [6.45, 7) is 1.90. The summed E-state index contributed by atoms with van der Waals surface area (Å²) in [6.07, 6.45) is 0. The molecule has 0 atom stereocenters. The quantitative estimate of drug-likeness (QED) is 0.481. The van der Waals surface area contributed by atoms with Crippen LogP contribution >= 0.6 is 11.3 Å². The van der Waals surface area contributed by atoms with Gasteiger partial charge < -0.3 is 10.8 Å². The molecule has 0 aliphatic carbocycles. The van der Waals surface area contributed by atoms with Crippen LogP contribution in [0.4, 0.5) is 5.69 Å². The van der Waals surface area contributed by atoms with Gasteiger partial charge in [-0.15, -0.1) is 11.3 Å². The highest BCUT2D eigenvalue weighted by atomic mass is 32.1. The van der Waals surface area contributed by atoms with E-state index in [4.69, 9.17) is 5.73 Å². The molecule has 0 aliphatic rings. The number of aromatic nitrogens is 1. The minimum Gasteiger partial charge on any atom is -0.504 e. The minimum atomic E-state index is 0.0943. The molecule has 3 N–H and O–H groups in total. The highest BCUT2D eigenvalue weighted by Gasteiger charge is 2.07. The molecule has 0 radical (unpaired) electrons. The van der Waals surface area contributed by atoms with E-state index in [0.717, 1.165) is 9.71 Å². The molecule has 0 spiro atoms. The van der Waals surface area contributed by atoms with Crippen molar-refractivity contribution in [2.24, 2.45) is 0 Å². The Balaban J connectivity index is 2.89. The van der Waals surface area contributed by atoms with E-state index in [0.29, 0.717) is 11.2 Å². The Kier molecular flexibility index (Phi) is 1.44. The van der Waals surface area contributed by atoms with Gasteiger partial charge in [0.25, 0.3) is 0 Å². The fourth-order valence-electron chi connectivity index (χ4n) is 1.11. The van der Waals surface area contributed by atoms with E-state index < -0.39 is 0 Å². The van der Waals surface area contributed by atoms with Crippen LogP contribution in [0.5, 0.6) is 5.75 Å². The molecule has 12 heavy (non-hydrogen) atoms. The van der Waals surface area contributed by atoms with Crippen LogP contribution in [0.2, 0.25) is 0 Å². The zero-order valence-electron chi connectivity index (χ0n) is 6.53. The topological polar surface area (TPSA) is 59.1 Å². The lowest BCUT2D eigenvalue weighted by atomic mass is 10.3. The van der Waals surface area contributed by atoms with Crippen LogP contribution in [0.1, 0.15) is 5.01 Å². The Hall–Kier alpha value is -1.29. The average molecular weight is 180 g/mol. The smallest absolute Gasteiger partial charge is 0.165 e. The average Bonchev–Trinajstić information content (AvgIpc) is 2.39. The fraction of sp³-hybridized carbons (Fsp3) is 0.125. The predicted molar refractivity (Wildman–Crippen MR) is 50.4 cm³/mol. The van der Waals surface area contributed by atoms with Crippen LogP contribution in [0.15, 0.2) is 12.1 Å². The minimum absolute atomic E-state index is 0.0943. The lowest BCUT2D eigenvalue weighted by Crippen LogP contribution is -1.84. The van der Waals surface area contributed by atoms with Crippen LogP contribution < -0.4 is 5.73 Å². The first kappa shape index (κ1) is 7.36. The van der Waals surface area contributed by atoms with Gasteiger partial charge in [0.05, 0.1) is 15.4 Å². The summed E-state index contributed by atoms with van der Waals surface area (Å²) in [7, 11) is 0. The van der Waals surface area contributed by atoms with Crippen molar-refractivity contribution in [2.75, 3.05) is 5.73 Å². The number of nitrogens with zero attached hydrogens (tertiary/aromatic N) is 1. The maximum Gasteiger partial charge on any atom is 0.165 e. The first-order valence-electron chi connectivity index (χ1n) is 3.53. The van der Waals surface area contributed by atoms with Crippen LogP contribution in [0.25, 0.3) is 10.2 Å². The van der Waals surface area contributed by atoms with Crippen molar-refractivity contribution in [2.45, 2.75) is 6.92 Å². The largest absolute Gasteiger partial charge is 0.504 e. The van der Waals surface area contributed by atoms with E-state index in [1.54, 1.807) is 17.4 Å². The van der Waals surface area contributed by atoms with Crippen LogP contribution in [0.3, 0.4) is 0 Å². The van der Waals surface area contributed by atoms with Gasteiger partial charge in [-0.1, -0.05) is 0 Å². The second kappa shape index (κ2) is 2.35. The van der Waals surface area contributed by atoms with Crippen LogP contribution in [-0.2, 0) is 0 Å². The molecule has 0 aliphatic heterocycles. The van der Waals surface area contributed by atoms with Gasteiger partial charge in [-0.25, -0.2) is 4.98 Å². The first-order valence-corrected chi connectivity index (χ1v) is 4.34. The van der Waals surface area contributed by atoms with Crippen molar-refractivity contribution in [3.05, 3.63) is 17.1 Å². The van der Waals surface area contributed by atoms with Gasteiger partial charge in [0.15, 0.2) is 5.75 Å². The Bertz CT molecular complexity index is 436. The van der Waals surface area contributed by atoms with Gasteiger partial charge in [0.2, 0.25) is 0 Å². The number of phenolic OH excluding ortho intramolecular Hbond substituents is 1. The molecule has 2 rings (SSSR count). The Morgan fingerprint density at radius 2 is 2.25 bits per heavy atom. The number of rotatable bonds is 0. The SMILES string of the molecule is Cc1nc2c(O)c(N)ccc2s1. The fourth-order valence-corrected chi connectivity index (χ4v) is 1.94. The van der Waals surface area contributed by atoms with Gasteiger partial charge >= 0.3 is 0 Å². The number of nitrogen functional groups attached to an aromatic ring is 1. The molecule has 0 fully saturated rings. The van der Waals surface area contributed by atoms with Crippen molar-refractivity contribution in [1.29, 1.82) is 0 Å². The monoisotopic (exact) mass is 180 g/mol. The summed E-state index contributed by atoms with van der Waals surface area (Å²) in [6, 6.07) is 3.56. The lowest BCUT2D eigenvalue weighted by Gasteiger charge is -1.96. The number of fused-ring (bicyclic) bond motifs is 1. The van der Waals surface area contributed by atoms with Crippen molar-refractivity contribution in [3.8, 4) is 5.75 Å². The van der Waals surface area contributed by atoms with E-state index in [9.17, 15) is 5.11 Å². The molecule has 0 bridgehead atoms. The number of aryl methyl sites for hydroxylation is 1. The molecule has 0 saturated heterocycles. The highest BCUT2D eigenvalue weighted by molar-refractivity contribution is 7.18. The van der Waals surface area contributed by atoms with Crippen LogP contribution in [-0.4, -0.2) is 10.1 Å². The summed E-state index contributed by atoms with van der Waals surface area (Å²) in [4.78, 5) is 4.16. The Morgan fingerprint density at radius 3 is 3.00 bits per heavy atom. The molecular formula is C8H8N2OS. The van der Waals surface area contributed by atoms with Gasteiger partial charge in [0, 0.05) is 0 Å². The molecule has 0 amide bonds. The summed E-state index contributed by atoms with van der Waals surface area (Å²) in [5.74, 6) is 0.0943. The van der Waals surface area contributed by atoms with Gasteiger partial charge in [-0.3, -0.25) is 0 Å². The van der Waals surface area contributed by atoms with E-state index in [2.05, 4.69) is 4.98 Å². The molecule has 62 valence electrons. The molecule has 3 nitrogen and oxygen atoms in total. The molecule has 1 aromatic carbocycles. The van der Waals surface area contributed by atoms with E-state index >= 15 is 0 Å². The molecule has 1 aromatic heterocycles. The van der Waals surface area contributed by atoms with Crippen molar-refractivity contribution in [3.63, 3.8) is 0 Å². The Morgan fingerprint density at radius 1 is 1.50 bits per heavy atom. The summed E-state index contributed by atoms with van der Waals surface area (Å²) < 4.78 is 0.971. The second-order valence-electron chi connectivity index (χ2n) is 2.58. The van der Waals surface area contributed by atoms with Gasteiger partial charge in [-0.05, 0) is 19.1 Å². The summed E-state index contributed by atoms with van der Waals surface area (Å²) in [5, 5.41) is 10.4.